The number of aromatic nitrogens is 1. The molecule has 0 aliphatic carbocycles. The predicted octanol–water partition coefficient (Wildman–Crippen LogP) is 1.00. The second-order valence-corrected chi connectivity index (χ2v) is 4.80. The van der Waals surface area contributed by atoms with E-state index in [1.165, 1.54) is 19.4 Å². The molecule has 3 heterocycles. The largest absolute Gasteiger partial charge is 0.334 e. The van der Waals surface area contributed by atoms with Crippen LogP contribution in [0.3, 0.4) is 0 Å². The van der Waals surface area contributed by atoms with Gasteiger partial charge in [0.05, 0.1) is 0 Å². The van der Waals surface area contributed by atoms with Gasteiger partial charge in [0.2, 0.25) is 0 Å². The normalized spacial score (nSPS) is 24.7. The Morgan fingerprint density at radius 2 is 2.24 bits per heavy atom. The number of rotatable bonds is 1. The minimum absolute atomic E-state index is 0.0807. The van der Waals surface area contributed by atoms with E-state index >= 15 is 0 Å². The molecule has 3 rings (SSSR count). The van der Waals surface area contributed by atoms with Crippen LogP contribution in [0.15, 0.2) is 24.4 Å². The highest BCUT2D eigenvalue weighted by molar-refractivity contribution is 5.92. The zero-order valence-corrected chi connectivity index (χ0v) is 9.88. The monoisotopic (exact) mass is 231 g/mol. The fourth-order valence-electron chi connectivity index (χ4n) is 2.83. The van der Waals surface area contributed by atoms with Crippen LogP contribution in [0.5, 0.6) is 0 Å². The van der Waals surface area contributed by atoms with Crippen molar-refractivity contribution in [1.82, 2.24) is 14.8 Å². The van der Waals surface area contributed by atoms with Crippen molar-refractivity contribution in [3.05, 3.63) is 30.1 Å². The second-order valence-electron chi connectivity index (χ2n) is 4.80. The number of hydrogen-bond acceptors (Lipinski definition) is 3. The van der Waals surface area contributed by atoms with Crippen LogP contribution in [-0.4, -0.2) is 52.9 Å². The van der Waals surface area contributed by atoms with E-state index in [9.17, 15) is 4.79 Å². The van der Waals surface area contributed by atoms with Gasteiger partial charge in [-0.1, -0.05) is 6.07 Å². The summed E-state index contributed by atoms with van der Waals surface area (Å²) in [5, 5.41) is 0. The molecule has 2 aliphatic heterocycles. The van der Waals surface area contributed by atoms with Crippen LogP contribution >= 0.6 is 0 Å². The maximum Gasteiger partial charge on any atom is 0.272 e. The van der Waals surface area contributed by atoms with Gasteiger partial charge < -0.3 is 4.90 Å². The lowest BCUT2D eigenvalue weighted by atomic mass is 10.1. The van der Waals surface area contributed by atoms with Gasteiger partial charge in [-0.25, -0.2) is 0 Å². The molecule has 0 aromatic carbocycles. The number of pyridine rings is 1. The third-order valence-corrected chi connectivity index (χ3v) is 3.76. The van der Waals surface area contributed by atoms with Gasteiger partial charge in [-0.2, -0.15) is 0 Å². The lowest BCUT2D eigenvalue weighted by Crippen LogP contribution is -2.52. The van der Waals surface area contributed by atoms with E-state index in [0.29, 0.717) is 11.7 Å². The molecular formula is C13H17N3O. The maximum absolute atomic E-state index is 12.2. The van der Waals surface area contributed by atoms with Crippen LogP contribution < -0.4 is 0 Å². The third-order valence-electron chi connectivity index (χ3n) is 3.76. The Balaban J connectivity index is 1.71. The van der Waals surface area contributed by atoms with Gasteiger partial charge in [-0.05, 0) is 31.5 Å². The second kappa shape index (κ2) is 4.45. The molecule has 0 saturated carbocycles. The zero-order valence-electron chi connectivity index (χ0n) is 9.88. The first-order valence-electron chi connectivity index (χ1n) is 6.29. The summed E-state index contributed by atoms with van der Waals surface area (Å²) in [6.45, 7) is 3.93. The van der Waals surface area contributed by atoms with Crippen molar-refractivity contribution in [1.29, 1.82) is 0 Å². The van der Waals surface area contributed by atoms with Crippen molar-refractivity contribution in [2.24, 2.45) is 0 Å². The lowest BCUT2D eigenvalue weighted by Gasteiger charge is -2.37. The fourth-order valence-corrected chi connectivity index (χ4v) is 2.83. The summed E-state index contributed by atoms with van der Waals surface area (Å²) in [6, 6.07) is 6.08. The van der Waals surface area contributed by atoms with Crippen LogP contribution in [0.1, 0.15) is 23.3 Å². The van der Waals surface area contributed by atoms with Crippen LogP contribution in [0, 0.1) is 0 Å². The highest BCUT2D eigenvalue weighted by atomic mass is 16.2. The third kappa shape index (κ3) is 2.05. The molecule has 1 unspecified atom stereocenters. The minimum Gasteiger partial charge on any atom is -0.334 e. The number of carbonyl (C=O) groups is 1. The van der Waals surface area contributed by atoms with E-state index < -0.39 is 0 Å². The number of nitrogens with zero attached hydrogens (tertiary/aromatic N) is 3. The van der Waals surface area contributed by atoms with Gasteiger partial charge in [-0.15, -0.1) is 0 Å². The fraction of sp³-hybridized carbons (Fsp3) is 0.538. The molecule has 0 radical (unpaired) electrons. The summed E-state index contributed by atoms with van der Waals surface area (Å²) in [6.07, 6.45) is 4.18. The van der Waals surface area contributed by atoms with Gasteiger partial charge in [0, 0.05) is 31.9 Å². The lowest BCUT2D eigenvalue weighted by molar-refractivity contribution is 0.0566. The molecule has 0 bridgehead atoms. The van der Waals surface area contributed by atoms with Gasteiger partial charge in [-0.3, -0.25) is 14.7 Å². The van der Waals surface area contributed by atoms with E-state index in [-0.39, 0.29) is 5.91 Å². The average molecular weight is 231 g/mol. The predicted molar refractivity (Wildman–Crippen MR) is 64.7 cm³/mol. The molecule has 0 N–H and O–H groups in total. The van der Waals surface area contributed by atoms with Crippen molar-refractivity contribution in [3.8, 4) is 0 Å². The van der Waals surface area contributed by atoms with Gasteiger partial charge in [0.15, 0.2) is 0 Å². The van der Waals surface area contributed by atoms with E-state index in [2.05, 4.69) is 9.88 Å². The van der Waals surface area contributed by atoms with Gasteiger partial charge >= 0.3 is 0 Å². The van der Waals surface area contributed by atoms with Crippen LogP contribution in [0.2, 0.25) is 0 Å². The van der Waals surface area contributed by atoms with E-state index in [0.717, 1.165) is 19.6 Å². The van der Waals surface area contributed by atoms with Crippen LogP contribution in [0.25, 0.3) is 0 Å². The molecule has 2 saturated heterocycles. The van der Waals surface area contributed by atoms with Gasteiger partial charge in [0.1, 0.15) is 5.69 Å². The zero-order chi connectivity index (χ0) is 11.7. The molecule has 4 heteroatoms. The van der Waals surface area contributed by atoms with Crippen molar-refractivity contribution in [2.45, 2.75) is 18.9 Å². The minimum atomic E-state index is 0.0807. The topological polar surface area (TPSA) is 36.4 Å². The number of carbonyl (C=O) groups excluding carboxylic acids is 1. The standard InChI is InChI=1S/C13H17N3O/c17-13(12-5-1-2-6-14-12)16-9-8-15-7-3-4-11(15)10-16/h1-2,5-6,11H,3-4,7-10H2. The van der Waals surface area contributed by atoms with Crippen molar-refractivity contribution in [3.63, 3.8) is 0 Å². The number of hydrogen-bond donors (Lipinski definition) is 0. The Morgan fingerprint density at radius 3 is 3.06 bits per heavy atom. The summed E-state index contributed by atoms with van der Waals surface area (Å²) in [4.78, 5) is 20.8. The molecule has 90 valence electrons. The smallest absolute Gasteiger partial charge is 0.272 e. The number of amides is 1. The molecule has 1 atom stereocenters. The molecule has 0 spiro atoms. The Kier molecular flexibility index (Phi) is 2.81. The molecule has 1 amide bonds. The summed E-state index contributed by atoms with van der Waals surface area (Å²) in [7, 11) is 0. The van der Waals surface area contributed by atoms with Gasteiger partial charge in [0.25, 0.3) is 5.91 Å². The quantitative estimate of drug-likeness (QED) is 0.723. The number of piperazine rings is 1. The number of fused-ring (bicyclic) bond motifs is 1. The van der Waals surface area contributed by atoms with E-state index in [1.807, 2.05) is 17.0 Å². The van der Waals surface area contributed by atoms with Crippen molar-refractivity contribution >= 4 is 5.91 Å². The molecule has 1 aromatic heterocycles. The summed E-state index contributed by atoms with van der Waals surface area (Å²) in [5.41, 5.74) is 0.568. The van der Waals surface area contributed by atoms with E-state index in [4.69, 9.17) is 0 Å². The Bertz CT molecular complexity index is 406. The van der Waals surface area contributed by atoms with Crippen LogP contribution in [-0.2, 0) is 0 Å². The average Bonchev–Trinajstić information content (AvgIpc) is 2.86. The molecular weight excluding hydrogens is 214 g/mol. The maximum atomic E-state index is 12.2. The molecule has 4 nitrogen and oxygen atoms in total. The first-order chi connectivity index (χ1) is 8.34. The summed E-state index contributed by atoms with van der Waals surface area (Å²) in [5.74, 6) is 0.0807. The highest BCUT2D eigenvalue weighted by Crippen LogP contribution is 2.22. The first kappa shape index (κ1) is 10.7. The first-order valence-corrected chi connectivity index (χ1v) is 6.29. The Morgan fingerprint density at radius 1 is 1.29 bits per heavy atom. The van der Waals surface area contributed by atoms with Crippen molar-refractivity contribution in [2.75, 3.05) is 26.2 Å². The van der Waals surface area contributed by atoms with Crippen LogP contribution in [0.4, 0.5) is 0 Å². The SMILES string of the molecule is O=C(c1ccccn1)N1CCN2CCCC2C1. The molecule has 1 aromatic rings. The molecule has 2 aliphatic rings. The molecule has 2 fully saturated rings. The summed E-state index contributed by atoms with van der Waals surface area (Å²) < 4.78 is 0. The Hall–Kier alpha value is -1.42. The van der Waals surface area contributed by atoms with E-state index in [1.54, 1.807) is 12.3 Å². The Labute approximate surface area is 101 Å². The molecule has 17 heavy (non-hydrogen) atoms. The summed E-state index contributed by atoms with van der Waals surface area (Å²) >= 11 is 0. The highest BCUT2D eigenvalue weighted by Gasteiger charge is 2.32. The van der Waals surface area contributed by atoms with Crippen molar-refractivity contribution < 1.29 is 4.79 Å².